The van der Waals surface area contributed by atoms with Crippen LogP contribution in [0.25, 0.3) is 0 Å². The number of fused-ring (bicyclic) bond motifs is 1. The Balaban J connectivity index is 1.92. The maximum atomic E-state index is 12.1. The SMILES string of the molecule is O=C1COc2cccc(C(=O)Nc3nccs3)c2N1. The number of anilines is 2. The summed E-state index contributed by atoms with van der Waals surface area (Å²) in [7, 11) is 0. The number of carbonyl (C=O) groups is 2. The largest absolute Gasteiger partial charge is 0.482 e. The maximum absolute atomic E-state index is 12.1. The predicted octanol–water partition coefficient (Wildman–Crippen LogP) is 1.73. The molecule has 1 aliphatic rings. The summed E-state index contributed by atoms with van der Waals surface area (Å²) >= 11 is 1.32. The highest BCUT2D eigenvalue weighted by Crippen LogP contribution is 2.31. The number of carbonyl (C=O) groups excluding carboxylic acids is 2. The first-order valence-electron chi connectivity index (χ1n) is 5.50. The molecule has 0 radical (unpaired) electrons. The summed E-state index contributed by atoms with van der Waals surface area (Å²) in [5.41, 5.74) is 0.744. The molecule has 3 rings (SSSR count). The van der Waals surface area contributed by atoms with Gasteiger partial charge in [0.25, 0.3) is 11.8 Å². The van der Waals surface area contributed by atoms with Crippen molar-refractivity contribution >= 4 is 34.0 Å². The van der Waals surface area contributed by atoms with Crippen LogP contribution < -0.4 is 15.4 Å². The molecule has 2 aromatic rings. The van der Waals surface area contributed by atoms with Crippen LogP contribution in [0.5, 0.6) is 5.75 Å². The Bertz CT molecular complexity index is 640. The van der Waals surface area contributed by atoms with Gasteiger partial charge in [-0.15, -0.1) is 11.3 Å². The van der Waals surface area contributed by atoms with Crippen LogP contribution in [-0.4, -0.2) is 23.4 Å². The number of nitrogens with one attached hydrogen (secondary N) is 2. The van der Waals surface area contributed by atoms with E-state index in [1.165, 1.54) is 11.3 Å². The van der Waals surface area contributed by atoms with E-state index < -0.39 is 0 Å². The fourth-order valence-electron chi connectivity index (χ4n) is 1.74. The number of rotatable bonds is 2. The molecule has 7 heteroatoms. The van der Waals surface area contributed by atoms with Gasteiger partial charge in [-0.3, -0.25) is 14.9 Å². The van der Waals surface area contributed by atoms with E-state index in [9.17, 15) is 9.59 Å². The van der Waals surface area contributed by atoms with Gasteiger partial charge in [-0.05, 0) is 12.1 Å². The molecular formula is C12H9N3O3S. The standard InChI is InChI=1S/C12H9N3O3S/c16-9-6-18-8-3-1-2-7(10(8)14-9)11(17)15-12-13-4-5-19-12/h1-5H,6H2,(H,14,16)(H,13,15,17). The first-order chi connectivity index (χ1) is 9.24. The fourth-order valence-corrected chi connectivity index (χ4v) is 2.26. The second kappa shape index (κ2) is 4.69. The van der Waals surface area contributed by atoms with Crippen molar-refractivity contribution in [1.82, 2.24) is 4.98 Å². The van der Waals surface area contributed by atoms with Gasteiger partial charge in [0.05, 0.1) is 11.3 Å². The molecule has 2 amide bonds. The molecule has 0 unspecified atom stereocenters. The predicted molar refractivity (Wildman–Crippen MR) is 70.6 cm³/mol. The minimum atomic E-state index is -0.336. The summed E-state index contributed by atoms with van der Waals surface area (Å²) in [6.07, 6.45) is 1.60. The van der Waals surface area contributed by atoms with Crippen LogP contribution in [-0.2, 0) is 4.79 Å². The van der Waals surface area contributed by atoms with Crippen molar-refractivity contribution in [2.45, 2.75) is 0 Å². The second-order valence-electron chi connectivity index (χ2n) is 3.81. The first-order valence-corrected chi connectivity index (χ1v) is 6.38. The molecule has 0 bridgehead atoms. The average Bonchev–Trinajstić information content (AvgIpc) is 2.90. The first kappa shape index (κ1) is 11.7. The van der Waals surface area contributed by atoms with Gasteiger partial charge >= 0.3 is 0 Å². The number of nitrogens with zero attached hydrogens (tertiary/aromatic N) is 1. The van der Waals surface area contributed by atoms with E-state index in [4.69, 9.17) is 4.74 Å². The maximum Gasteiger partial charge on any atom is 0.262 e. The van der Waals surface area contributed by atoms with Gasteiger partial charge in [-0.1, -0.05) is 6.07 Å². The lowest BCUT2D eigenvalue weighted by molar-refractivity contribution is -0.118. The molecule has 0 saturated heterocycles. The van der Waals surface area contributed by atoms with E-state index in [1.807, 2.05) is 0 Å². The topological polar surface area (TPSA) is 80.3 Å². The van der Waals surface area contributed by atoms with Gasteiger partial charge in [-0.25, -0.2) is 4.98 Å². The van der Waals surface area contributed by atoms with Gasteiger partial charge in [-0.2, -0.15) is 0 Å². The summed E-state index contributed by atoms with van der Waals surface area (Å²) in [6.45, 7) is -0.0372. The Morgan fingerprint density at radius 2 is 2.37 bits per heavy atom. The van der Waals surface area contributed by atoms with Crippen molar-refractivity contribution in [1.29, 1.82) is 0 Å². The fraction of sp³-hybridized carbons (Fsp3) is 0.0833. The number of hydrogen-bond acceptors (Lipinski definition) is 5. The number of amides is 2. The Hall–Kier alpha value is -2.41. The molecule has 0 aliphatic carbocycles. The van der Waals surface area contributed by atoms with Crippen molar-refractivity contribution in [3.63, 3.8) is 0 Å². The van der Waals surface area contributed by atoms with Crippen molar-refractivity contribution < 1.29 is 14.3 Å². The van der Waals surface area contributed by atoms with Gasteiger partial charge in [0, 0.05) is 11.6 Å². The lowest BCUT2D eigenvalue weighted by Crippen LogP contribution is -2.27. The minimum Gasteiger partial charge on any atom is -0.482 e. The Morgan fingerprint density at radius 3 is 3.16 bits per heavy atom. The molecule has 0 fully saturated rings. The van der Waals surface area contributed by atoms with Crippen molar-refractivity contribution in [3.05, 3.63) is 35.3 Å². The van der Waals surface area contributed by atoms with Gasteiger partial charge in [0.2, 0.25) is 0 Å². The zero-order valence-corrected chi connectivity index (χ0v) is 10.5. The molecule has 6 nitrogen and oxygen atoms in total. The minimum absolute atomic E-state index is 0.0372. The lowest BCUT2D eigenvalue weighted by atomic mass is 10.1. The molecule has 1 aromatic carbocycles. The molecule has 0 atom stereocenters. The third kappa shape index (κ3) is 2.27. The van der Waals surface area contributed by atoms with Gasteiger partial charge < -0.3 is 10.1 Å². The smallest absolute Gasteiger partial charge is 0.262 e. The van der Waals surface area contributed by atoms with E-state index in [0.29, 0.717) is 22.1 Å². The van der Waals surface area contributed by atoms with Crippen LogP contribution in [0.2, 0.25) is 0 Å². The number of hydrogen-bond donors (Lipinski definition) is 2. The number of para-hydroxylation sites is 1. The molecule has 2 N–H and O–H groups in total. The average molecular weight is 275 g/mol. The van der Waals surface area contributed by atoms with Crippen LogP contribution in [0.1, 0.15) is 10.4 Å². The van der Waals surface area contributed by atoms with Crippen molar-refractivity contribution in [2.24, 2.45) is 0 Å². The van der Waals surface area contributed by atoms with E-state index in [2.05, 4.69) is 15.6 Å². The quantitative estimate of drug-likeness (QED) is 0.874. The van der Waals surface area contributed by atoms with Gasteiger partial charge in [0.1, 0.15) is 5.75 Å². The third-order valence-corrected chi connectivity index (χ3v) is 3.24. The summed E-state index contributed by atoms with van der Waals surface area (Å²) < 4.78 is 5.26. The highest BCUT2D eigenvalue weighted by atomic mass is 32.1. The normalized spacial score (nSPS) is 13.2. The van der Waals surface area contributed by atoms with E-state index >= 15 is 0 Å². The van der Waals surface area contributed by atoms with Crippen LogP contribution in [0.15, 0.2) is 29.8 Å². The highest BCUT2D eigenvalue weighted by Gasteiger charge is 2.22. The molecule has 0 saturated carbocycles. The van der Waals surface area contributed by atoms with Gasteiger partial charge in [0.15, 0.2) is 11.7 Å². The van der Waals surface area contributed by atoms with Crippen LogP contribution in [0.4, 0.5) is 10.8 Å². The number of benzene rings is 1. The molecular weight excluding hydrogens is 266 g/mol. The number of thiazole rings is 1. The Morgan fingerprint density at radius 1 is 1.47 bits per heavy atom. The van der Waals surface area contributed by atoms with E-state index in [1.54, 1.807) is 29.8 Å². The summed E-state index contributed by atoms with van der Waals surface area (Å²) in [5.74, 6) is -0.119. The zero-order valence-electron chi connectivity index (χ0n) is 9.67. The summed E-state index contributed by atoms with van der Waals surface area (Å²) in [4.78, 5) is 27.5. The third-order valence-electron chi connectivity index (χ3n) is 2.55. The monoisotopic (exact) mass is 275 g/mol. The van der Waals surface area contributed by atoms with Crippen molar-refractivity contribution in [3.8, 4) is 5.75 Å². The number of ether oxygens (including phenoxy) is 1. The second-order valence-corrected chi connectivity index (χ2v) is 4.70. The molecule has 19 heavy (non-hydrogen) atoms. The summed E-state index contributed by atoms with van der Waals surface area (Å²) in [5, 5.41) is 7.58. The van der Waals surface area contributed by atoms with Crippen molar-refractivity contribution in [2.75, 3.05) is 17.2 Å². The van der Waals surface area contributed by atoms with Crippen LogP contribution >= 0.6 is 11.3 Å². The van der Waals surface area contributed by atoms with E-state index in [0.717, 1.165) is 0 Å². The number of aromatic nitrogens is 1. The van der Waals surface area contributed by atoms with E-state index in [-0.39, 0.29) is 18.4 Å². The van der Waals surface area contributed by atoms with Crippen LogP contribution in [0, 0.1) is 0 Å². The zero-order chi connectivity index (χ0) is 13.2. The molecule has 1 aliphatic heterocycles. The Kier molecular flexibility index (Phi) is 2.88. The Labute approximate surface area is 112 Å². The molecule has 0 spiro atoms. The van der Waals surface area contributed by atoms with Crippen LogP contribution in [0.3, 0.4) is 0 Å². The molecule has 1 aromatic heterocycles. The lowest BCUT2D eigenvalue weighted by Gasteiger charge is -2.20. The summed E-state index contributed by atoms with van der Waals surface area (Å²) in [6, 6.07) is 5.03. The molecule has 2 heterocycles. The highest BCUT2D eigenvalue weighted by molar-refractivity contribution is 7.13. The molecule has 96 valence electrons.